The van der Waals surface area contributed by atoms with Crippen molar-refractivity contribution < 1.29 is 9.26 Å². The summed E-state index contributed by atoms with van der Waals surface area (Å²) >= 11 is 0. The summed E-state index contributed by atoms with van der Waals surface area (Å²) in [5.74, 6) is 1.60. The Bertz CT molecular complexity index is 1180. The van der Waals surface area contributed by atoms with Crippen molar-refractivity contribution in [1.82, 2.24) is 19.9 Å². The number of hydrogen-bond acceptors (Lipinski definition) is 6. The van der Waals surface area contributed by atoms with Crippen molar-refractivity contribution in [3.05, 3.63) is 82.5 Å². The fourth-order valence-electron chi connectivity index (χ4n) is 3.06. The summed E-state index contributed by atoms with van der Waals surface area (Å²) in [4.78, 5) is 16.7. The smallest absolute Gasteiger partial charge is 0.267 e. The monoisotopic (exact) mass is 402 g/mol. The molecule has 0 aliphatic heterocycles. The molecule has 152 valence electrons. The van der Waals surface area contributed by atoms with Crippen molar-refractivity contribution in [2.45, 2.75) is 26.8 Å². The summed E-state index contributed by atoms with van der Waals surface area (Å²) < 4.78 is 12.1. The molecule has 0 saturated carbocycles. The molecule has 0 aliphatic carbocycles. The largest absolute Gasteiger partial charge is 0.494 e. The van der Waals surface area contributed by atoms with E-state index in [0.29, 0.717) is 24.0 Å². The third kappa shape index (κ3) is 4.30. The van der Waals surface area contributed by atoms with Gasteiger partial charge in [-0.1, -0.05) is 36.3 Å². The lowest BCUT2D eigenvalue weighted by Gasteiger charge is -2.07. The molecule has 2 aromatic heterocycles. The van der Waals surface area contributed by atoms with Crippen molar-refractivity contribution in [1.29, 1.82) is 0 Å². The highest BCUT2D eigenvalue weighted by atomic mass is 16.5. The van der Waals surface area contributed by atoms with Crippen LogP contribution >= 0.6 is 0 Å². The van der Waals surface area contributed by atoms with Gasteiger partial charge in [0.25, 0.3) is 5.56 Å². The summed E-state index contributed by atoms with van der Waals surface area (Å²) in [6.07, 6.45) is 0.969. The molecular formula is C23H22N4O3. The highest BCUT2D eigenvalue weighted by Gasteiger charge is 2.12. The van der Waals surface area contributed by atoms with Crippen molar-refractivity contribution in [2.24, 2.45) is 0 Å². The van der Waals surface area contributed by atoms with E-state index in [0.717, 1.165) is 23.3 Å². The predicted octanol–water partition coefficient (Wildman–Crippen LogP) is 3.97. The molecule has 0 fully saturated rings. The van der Waals surface area contributed by atoms with E-state index >= 15 is 0 Å². The van der Waals surface area contributed by atoms with Crippen molar-refractivity contribution in [3.8, 4) is 28.4 Å². The Morgan fingerprint density at radius 1 is 0.933 bits per heavy atom. The molecule has 4 rings (SSSR count). The lowest BCUT2D eigenvalue weighted by atomic mass is 10.1. The molecule has 2 heterocycles. The number of ether oxygens (including phenoxy) is 1. The molecule has 0 radical (unpaired) electrons. The van der Waals surface area contributed by atoms with Gasteiger partial charge in [-0.05, 0) is 49.2 Å². The van der Waals surface area contributed by atoms with E-state index in [1.54, 1.807) is 6.07 Å². The molecule has 0 bridgehead atoms. The van der Waals surface area contributed by atoms with Gasteiger partial charge in [-0.25, -0.2) is 4.68 Å². The Balaban J connectivity index is 1.55. The van der Waals surface area contributed by atoms with Gasteiger partial charge in [-0.2, -0.15) is 10.1 Å². The van der Waals surface area contributed by atoms with Crippen LogP contribution in [0.3, 0.4) is 0 Å². The van der Waals surface area contributed by atoms with Crippen LogP contribution in [-0.2, 0) is 13.0 Å². The lowest BCUT2D eigenvalue weighted by molar-refractivity contribution is 0.340. The summed E-state index contributed by atoms with van der Waals surface area (Å²) in [7, 11) is 0. The van der Waals surface area contributed by atoms with Gasteiger partial charge in [0.15, 0.2) is 0 Å². The van der Waals surface area contributed by atoms with Gasteiger partial charge >= 0.3 is 0 Å². The minimum Gasteiger partial charge on any atom is -0.494 e. The van der Waals surface area contributed by atoms with Crippen molar-refractivity contribution in [2.75, 3.05) is 6.61 Å². The van der Waals surface area contributed by atoms with Gasteiger partial charge in [0.2, 0.25) is 11.7 Å². The minimum absolute atomic E-state index is 0.101. The fourth-order valence-corrected chi connectivity index (χ4v) is 3.06. The molecule has 0 saturated heterocycles. The number of rotatable bonds is 7. The van der Waals surface area contributed by atoms with Gasteiger partial charge in [0.1, 0.15) is 12.3 Å². The Morgan fingerprint density at radius 2 is 1.67 bits per heavy atom. The number of aryl methyl sites for hydroxylation is 1. The number of benzene rings is 2. The maximum absolute atomic E-state index is 12.3. The van der Waals surface area contributed by atoms with E-state index in [1.165, 1.54) is 16.3 Å². The highest BCUT2D eigenvalue weighted by Crippen LogP contribution is 2.20. The third-order valence-electron chi connectivity index (χ3n) is 4.70. The predicted molar refractivity (Wildman–Crippen MR) is 113 cm³/mol. The average Bonchev–Trinajstić information content (AvgIpc) is 3.25. The van der Waals surface area contributed by atoms with Gasteiger partial charge < -0.3 is 9.26 Å². The highest BCUT2D eigenvalue weighted by molar-refractivity contribution is 5.59. The SMILES string of the molecule is CCOc1ccc(-c2ccc(=O)n(Cc3nc(-c4ccc(CC)cc4)no3)n2)cc1. The zero-order chi connectivity index (χ0) is 20.9. The van der Waals surface area contributed by atoms with E-state index < -0.39 is 0 Å². The molecule has 0 amide bonds. The van der Waals surface area contributed by atoms with Crippen LogP contribution in [0.2, 0.25) is 0 Å². The van der Waals surface area contributed by atoms with Gasteiger partial charge in [0, 0.05) is 17.2 Å². The fraction of sp³-hybridized carbons (Fsp3) is 0.217. The molecule has 2 aromatic carbocycles. The number of nitrogens with zero attached hydrogens (tertiary/aromatic N) is 4. The molecule has 30 heavy (non-hydrogen) atoms. The van der Waals surface area contributed by atoms with Crippen LogP contribution in [0.1, 0.15) is 25.3 Å². The van der Waals surface area contributed by atoms with Gasteiger partial charge in [-0.15, -0.1) is 0 Å². The number of hydrogen-bond donors (Lipinski definition) is 0. The minimum atomic E-state index is -0.239. The standard InChI is InChI=1S/C23H22N4O3/c1-3-16-5-7-18(8-6-16)23-24-21(30-26-23)15-27-22(28)14-13-20(25-27)17-9-11-19(12-10-17)29-4-2/h5-14H,3-4,15H2,1-2H3. The Kier molecular flexibility index (Phi) is 5.70. The summed E-state index contributed by atoms with van der Waals surface area (Å²) in [6.45, 7) is 4.75. The zero-order valence-electron chi connectivity index (χ0n) is 16.9. The maximum Gasteiger partial charge on any atom is 0.267 e. The van der Waals surface area contributed by atoms with E-state index in [9.17, 15) is 4.79 Å². The molecule has 7 heteroatoms. The summed E-state index contributed by atoms with van der Waals surface area (Å²) in [5.41, 5.74) is 3.42. The van der Waals surface area contributed by atoms with Gasteiger partial charge in [0.05, 0.1) is 12.3 Å². The van der Waals surface area contributed by atoms with Gasteiger partial charge in [-0.3, -0.25) is 4.79 Å². The molecule has 7 nitrogen and oxygen atoms in total. The second kappa shape index (κ2) is 8.73. The molecule has 4 aromatic rings. The van der Waals surface area contributed by atoms with Crippen molar-refractivity contribution >= 4 is 0 Å². The first-order valence-corrected chi connectivity index (χ1v) is 9.89. The Labute approximate surface area is 174 Å². The quantitative estimate of drug-likeness (QED) is 0.465. The first kappa shape index (κ1) is 19.6. The molecule has 0 unspecified atom stereocenters. The first-order chi connectivity index (χ1) is 14.7. The van der Waals surface area contributed by atoms with Crippen LogP contribution < -0.4 is 10.3 Å². The second-order valence-corrected chi connectivity index (χ2v) is 6.73. The van der Waals surface area contributed by atoms with E-state index in [4.69, 9.17) is 9.26 Å². The Hall–Kier alpha value is -3.74. The van der Waals surface area contributed by atoms with Crippen LogP contribution in [0.4, 0.5) is 0 Å². The van der Waals surface area contributed by atoms with Crippen LogP contribution in [0, 0.1) is 0 Å². The normalized spacial score (nSPS) is 10.9. The van der Waals surface area contributed by atoms with Crippen LogP contribution in [-0.4, -0.2) is 26.5 Å². The van der Waals surface area contributed by atoms with Crippen molar-refractivity contribution in [3.63, 3.8) is 0 Å². The maximum atomic E-state index is 12.3. The lowest BCUT2D eigenvalue weighted by Crippen LogP contribution is -2.23. The second-order valence-electron chi connectivity index (χ2n) is 6.73. The first-order valence-electron chi connectivity index (χ1n) is 9.89. The topological polar surface area (TPSA) is 83.0 Å². The molecule has 0 aliphatic rings. The molecule has 0 atom stereocenters. The van der Waals surface area contributed by atoms with Crippen LogP contribution in [0.15, 0.2) is 70.0 Å². The third-order valence-corrected chi connectivity index (χ3v) is 4.70. The average molecular weight is 402 g/mol. The molecule has 0 spiro atoms. The summed E-state index contributed by atoms with van der Waals surface area (Å²) in [5, 5.41) is 8.49. The van der Waals surface area contributed by atoms with Crippen LogP contribution in [0.5, 0.6) is 5.75 Å². The molecular weight excluding hydrogens is 380 g/mol. The van der Waals surface area contributed by atoms with E-state index in [1.807, 2.05) is 55.5 Å². The Morgan fingerprint density at radius 3 is 2.37 bits per heavy atom. The van der Waals surface area contributed by atoms with E-state index in [2.05, 4.69) is 22.2 Å². The zero-order valence-corrected chi connectivity index (χ0v) is 16.9. The van der Waals surface area contributed by atoms with E-state index in [-0.39, 0.29) is 12.1 Å². The number of aromatic nitrogens is 4. The van der Waals surface area contributed by atoms with Crippen LogP contribution in [0.25, 0.3) is 22.6 Å². The molecule has 0 N–H and O–H groups in total. The summed E-state index contributed by atoms with van der Waals surface area (Å²) in [6, 6.07) is 18.8.